The number of nitrogens with zero attached hydrogens (tertiary/aromatic N) is 2. The van der Waals surface area contributed by atoms with Gasteiger partial charge in [-0.15, -0.1) is 0 Å². The van der Waals surface area contributed by atoms with E-state index in [9.17, 15) is 14.7 Å². The molecule has 0 aromatic carbocycles. The predicted octanol–water partition coefficient (Wildman–Crippen LogP) is 0.997. The molecule has 0 amide bonds. The number of hydrogen-bond acceptors (Lipinski definition) is 4. The van der Waals surface area contributed by atoms with E-state index in [1.807, 2.05) is 30.0 Å². The van der Waals surface area contributed by atoms with Crippen molar-refractivity contribution >= 4 is 11.9 Å². The van der Waals surface area contributed by atoms with Crippen LogP contribution in [0.15, 0.2) is 18.2 Å². The zero-order valence-corrected chi connectivity index (χ0v) is 11.3. The van der Waals surface area contributed by atoms with Gasteiger partial charge in [0.1, 0.15) is 0 Å². The average Bonchev–Trinajstić information content (AvgIpc) is 2.38. The summed E-state index contributed by atoms with van der Waals surface area (Å²) >= 11 is 0. The van der Waals surface area contributed by atoms with Crippen molar-refractivity contribution in [2.75, 3.05) is 13.1 Å². The standard InChI is InChI=1S/C14H18N2O4/c1-9-3-2-4-10(15-9)7-16-6-5-11(13(17)18)12(8-16)14(19)20/h2-4,11-12H,5-8H2,1H3,(H,17,18)(H,19,20). The molecular formula is C14H18N2O4. The molecule has 20 heavy (non-hydrogen) atoms. The number of aryl methyl sites for hydroxylation is 1. The van der Waals surface area contributed by atoms with E-state index in [-0.39, 0.29) is 6.54 Å². The summed E-state index contributed by atoms with van der Waals surface area (Å²) in [4.78, 5) is 28.6. The normalized spacial score (nSPS) is 23.4. The number of likely N-dealkylation sites (tertiary alicyclic amines) is 1. The Morgan fingerprint density at radius 2 is 2.00 bits per heavy atom. The number of carboxylic acid groups (broad SMARTS) is 2. The summed E-state index contributed by atoms with van der Waals surface area (Å²) in [7, 11) is 0. The average molecular weight is 278 g/mol. The third kappa shape index (κ3) is 3.33. The Hall–Kier alpha value is -1.95. The fourth-order valence-electron chi connectivity index (χ4n) is 2.63. The molecule has 0 radical (unpaired) electrons. The van der Waals surface area contributed by atoms with Crippen molar-refractivity contribution in [3.63, 3.8) is 0 Å². The molecule has 2 heterocycles. The van der Waals surface area contributed by atoms with Crippen LogP contribution < -0.4 is 0 Å². The topological polar surface area (TPSA) is 90.7 Å². The maximum absolute atomic E-state index is 11.2. The van der Waals surface area contributed by atoms with E-state index in [1.54, 1.807) is 0 Å². The van der Waals surface area contributed by atoms with Gasteiger partial charge in [0.25, 0.3) is 0 Å². The Labute approximate surface area is 117 Å². The molecule has 2 atom stereocenters. The molecule has 6 heteroatoms. The minimum Gasteiger partial charge on any atom is -0.481 e. The predicted molar refractivity (Wildman–Crippen MR) is 71.1 cm³/mol. The van der Waals surface area contributed by atoms with E-state index in [2.05, 4.69) is 4.98 Å². The molecule has 2 unspecified atom stereocenters. The number of hydrogen-bond donors (Lipinski definition) is 2. The molecule has 1 aromatic rings. The van der Waals surface area contributed by atoms with E-state index < -0.39 is 23.8 Å². The van der Waals surface area contributed by atoms with Gasteiger partial charge >= 0.3 is 11.9 Å². The van der Waals surface area contributed by atoms with E-state index in [4.69, 9.17) is 5.11 Å². The number of pyridine rings is 1. The highest BCUT2D eigenvalue weighted by molar-refractivity contribution is 5.80. The molecule has 0 bridgehead atoms. The van der Waals surface area contributed by atoms with Gasteiger partial charge in [-0.1, -0.05) is 6.07 Å². The Kier molecular flexibility index (Phi) is 4.34. The molecule has 1 fully saturated rings. The van der Waals surface area contributed by atoms with Gasteiger partial charge < -0.3 is 10.2 Å². The smallest absolute Gasteiger partial charge is 0.308 e. The highest BCUT2D eigenvalue weighted by Crippen LogP contribution is 2.25. The SMILES string of the molecule is Cc1cccc(CN2CCC(C(=O)O)C(C(=O)O)C2)n1. The molecule has 0 spiro atoms. The van der Waals surface area contributed by atoms with E-state index in [0.717, 1.165) is 11.4 Å². The molecule has 1 aliphatic heterocycles. The maximum Gasteiger partial charge on any atom is 0.308 e. The second kappa shape index (κ2) is 6.00. The molecule has 1 aromatic heterocycles. The summed E-state index contributed by atoms with van der Waals surface area (Å²) in [6.07, 6.45) is 0.359. The van der Waals surface area contributed by atoms with Gasteiger partial charge in [0.15, 0.2) is 0 Å². The number of rotatable bonds is 4. The summed E-state index contributed by atoms with van der Waals surface area (Å²) in [6.45, 7) is 3.29. The number of piperidine rings is 1. The van der Waals surface area contributed by atoms with E-state index in [0.29, 0.717) is 19.5 Å². The summed E-state index contributed by atoms with van der Waals surface area (Å²) < 4.78 is 0. The largest absolute Gasteiger partial charge is 0.481 e. The van der Waals surface area contributed by atoms with Gasteiger partial charge in [0.2, 0.25) is 0 Å². The second-order valence-electron chi connectivity index (χ2n) is 5.18. The Morgan fingerprint density at radius 1 is 1.30 bits per heavy atom. The van der Waals surface area contributed by atoms with Gasteiger partial charge in [-0.25, -0.2) is 0 Å². The first-order valence-corrected chi connectivity index (χ1v) is 6.58. The lowest BCUT2D eigenvalue weighted by Crippen LogP contribution is -2.46. The van der Waals surface area contributed by atoms with Crippen molar-refractivity contribution in [2.45, 2.75) is 19.9 Å². The first kappa shape index (κ1) is 14.5. The fourth-order valence-corrected chi connectivity index (χ4v) is 2.63. The summed E-state index contributed by atoms with van der Waals surface area (Å²) in [5.74, 6) is -3.72. The lowest BCUT2D eigenvalue weighted by molar-refractivity contribution is -0.157. The van der Waals surface area contributed by atoms with Crippen LogP contribution in [0.25, 0.3) is 0 Å². The van der Waals surface area contributed by atoms with Crippen molar-refractivity contribution in [3.05, 3.63) is 29.6 Å². The first-order valence-electron chi connectivity index (χ1n) is 6.58. The second-order valence-corrected chi connectivity index (χ2v) is 5.18. The molecular weight excluding hydrogens is 260 g/mol. The number of carboxylic acids is 2. The first-order chi connectivity index (χ1) is 9.47. The van der Waals surface area contributed by atoms with E-state index in [1.165, 1.54) is 0 Å². The highest BCUT2D eigenvalue weighted by Gasteiger charge is 2.38. The van der Waals surface area contributed by atoms with Gasteiger partial charge in [-0.3, -0.25) is 19.5 Å². The molecule has 0 aliphatic carbocycles. The minimum absolute atomic E-state index is 0.252. The van der Waals surface area contributed by atoms with E-state index >= 15 is 0 Å². The molecule has 0 saturated carbocycles. The van der Waals surface area contributed by atoms with Gasteiger partial charge in [0, 0.05) is 18.8 Å². The summed E-state index contributed by atoms with van der Waals surface area (Å²) in [5, 5.41) is 18.3. The molecule has 2 N–H and O–H groups in total. The summed E-state index contributed by atoms with van der Waals surface area (Å²) in [5.41, 5.74) is 1.79. The molecule has 6 nitrogen and oxygen atoms in total. The van der Waals surface area contributed by atoms with Crippen LogP contribution in [0.4, 0.5) is 0 Å². The monoisotopic (exact) mass is 278 g/mol. The minimum atomic E-state index is -1.04. The molecule has 2 rings (SSSR count). The Balaban J connectivity index is 2.05. The van der Waals surface area contributed by atoms with Crippen LogP contribution in [0.1, 0.15) is 17.8 Å². The lowest BCUT2D eigenvalue weighted by atomic mass is 9.85. The molecule has 1 aliphatic rings. The van der Waals surface area contributed by atoms with Crippen LogP contribution in [0.3, 0.4) is 0 Å². The van der Waals surface area contributed by atoms with Crippen molar-refractivity contribution in [3.8, 4) is 0 Å². The number of aromatic nitrogens is 1. The third-order valence-electron chi connectivity index (χ3n) is 3.66. The van der Waals surface area contributed by atoms with Crippen LogP contribution in [-0.2, 0) is 16.1 Å². The zero-order chi connectivity index (χ0) is 14.7. The molecule has 108 valence electrons. The third-order valence-corrected chi connectivity index (χ3v) is 3.66. The lowest BCUT2D eigenvalue weighted by Gasteiger charge is -2.34. The van der Waals surface area contributed by atoms with Crippen LogP contribution in [-0.4, -0.2) is 45.1 Å². The maximum atomic E-state index is 11.2. The Morgan fingerprint density at radius 3 is 2.60 bits per heavy atom. The fraction of sp³-hybridized carbons (Fsp3) is 0.500. The van der Waals surface area contributed by atoms with Crippen molar-refractivity contribution in [1.29, 1.82) is 0 Å². The highest BCUT2D eigenvalue weighted by atomic mass is 16.4. The van der Waals surface area contributed by atoms with Crippen molar-refractivity contribution in [1.82, 2.24) is 9.88 Å². The number of carbonyl (C=O) groups is 2. The van der Waals surface area contributed by atoms with Gasteiger partial charge in [0.05, 0.1) is 17.5 Å². The van der Waals surface area contributed by atoms with Crippen molar-refractivity contribution < 1.29 is 19.8 Å². The summed E-state index contributed by atoms with van der Waals surface area (Å²) in [6, 6.07) is 5.71. The van der Waals surface area contributed by atoms with Crippen LogP contribution in [0, 0.1) is 18.8 Å². The Bertz CT molecular complexity index is 518. The van der Waals surface area contributed by atoms with Gasteiger partial charge in [-0.2, -0.15) is 0 Å². The van der Waals surface area contributed by atoms with Crippen molar-refractivity contribution in [2.24, 2.45) is 11.8 Å². The van der Waals surface area contributed by atoms with Crippen LogP contribution >= 0.6 is 0 Å². The van der Waals surface area contributed by atoms with Gasteiger partial charge in [-0.05, 0) is 32.0 Å². The molecule has 1 saturated heterocycles. The van der Waals surface area contributed by atoms with Crippen LogP contribution in [0.5, 0.6) is 0 Å². The zero-order valence-electron chi connectivity index (χ0n) is 11.3. The van der Waals surface area contributed by atoms with Crippen LogP contribution in [0.2, 0.25) is 0 Å². The quantitative estimate of drug-likeness (QED) is 0.853. The number of aliphatic carboxylic acids is 2.